The van der Waals surface area contributed by atoms with Gasteiger partial charge in [-0.25, -0.2) is 39.3 Å². The molecule has 9 aromatic heterocycles. The Kier molecular flexibility index (Phi) is 26.1. The van der Waals surface area contributed by atoms with Crippen molar-refractivity contribution in [1.29, 1.82) is 0 Å². The molecule has 0 unspecified atom stereocenters. The summed E-state index contributed by atoms with van der Waals surface area (Å²) >= 11 is 11.8. The van der Waals surface area contributed by atoms with Gasteiger partial charge in [-0.1, -0.05) is 47.5 Å². The number of aliphatic imine (C=N–C) groups is 1. The van der Waals surface area contributed by atoms with Gasteiger partial charge < -0.3 is 39.5 Å². The van der Waals surface area contributed by atoms with E-state index < -0.39 is 0 Å². The normalized spacial score (nSPS) is 15.3. The van der Waals surface area contributed by atoms with Crippen LogP contribution >= 0.6 is 23.2 Å². The van der Waals surface area contributed by atoms with E-state index in [0.29, 0.717) is 53.4 Å². The number of nitrogens with zero attached hydrogens (tertiary/aromatic N) is 19. The molecule has 542 valence electrons. The minimum Gasteiger partial charge on any atom is -0.497 e. The van der Waals surface area contributed by atoms with Crippen LogP contribution in [0.1, 0.15) is 96.3 Å². The second-order valence-electron chi connectivity index (χ2n) is 27.0. The number of β-amino-alcohol motifs (C(OH)–C–C–N with tert-alkyl or cyclic N) is 3. The van der Waals surface area contributed by atoms with Crippen LogP contribution in [0.2, 0.25) is 10.3 Å². The Labute approximate surface area is 616 Å². The van der Waals surface area contributed by atoms with E-state index in [9.17, 15) is 0 Å². The molecular formula is C78H91Cl2N19O5. The molecule has 3 fully saturated rings. The first-order valence-corrected chi connectivity index (χ1v) is 36.5. The van der Waals surface area contributed by atoms with E-state index in [2.05, 4.69) is 76.8 Å². The second kappa shape index (κ2) is 36.5. The molecule has 4 aliphatic heterocycles. The van der Waals surface area contributed by atoms with Crippen molar-refractivity contribution >= 4 is 51.0 Å². The summed E-state index contributed by atoms with van der Waals surface area (Å²) in [6, 6.07) is 22.2. The van der Waals surface area contributed by atoms with E-state index >= 15 is 0 Å². The van der Waals surface area contributed by atoms with Gasteiger partial charge in [0.05, 0.1) is 136 Å². The number of rotatable bonds is 21. The van der Waals surface area contributed by atoms with E-state index in [1.807, 2.05) is 122 Å². The molecule has 2 aromatic carbocycles. The van der Waals surface area contributed by atoms with Gasteiger partial charge in [0.25, 0.3) is 0 Å². The van der Waals surface area contributed by atoms with E-state index in [1.54, 1.807) is 39.0 Å². The van der Waals surface area contributed by atoms with Crippen molar-refractivity contribution in [1.82, 2.24) is 89.1 Å². The summed E-state index contributed by atoms with van der Waals surface area (Å²) in [5, 5.41) is 39.3. The number of likely N-dealkylation sites (tertiary alicyclic amines) is 3. The molecule has 0 radical (unpaired) electrons. The molecule has 24 nitrogen and oxygen atoms in total. The van der Waals surface area contributed by atoms with Crippen LogP contribution in [-0.4, -0.2) is 203 Å². The van der Waals surface area contributed by atoms with Crippen LogP contribution in [0.5, 0.6) is 11.5 Å². The number of aryl methyl sites for hydroxylation is 2. The van der Waals surface area contributed by atoms with E-state index in [4.69, 9.17) is 68.0 Å². The molecule has 11 aromatic rings. The van der Waals surface area contributed by atoms with Crippen molar-refractivity contribution in [2.45, 2.75) is 98.2 Å². The molecule has 4 aliphatic rings. The number of piperidine rings is 3. The maximum absolute atomic E-state index is 9.15. The standard InChI is InChI=1S/C27H32N6O2.C20H25N5O.C19H16ClN5O.C12H18ClN3O/c1-19-25-14-22(15-29-27(25)33(31-19)18-21-3-5-24(35-2)6-4-21)26-17-28-16-23(30-26)13-20-7-9-32(10-8-20)11-12-34;1-14-18-9-16(10-23-20(18)13-22-14)19-12-21-11-17(24-19)8-15-2-4-25(5-3-15)6-7-26;1-12-16-7-14(17-9-21-10-18(20)23-17)8-22-19(16)25(24-12)11-13-3-5-15(26-2)6-4-13;13-12-9-14-8-11(15-12)7-10-1-3-16(4-2-10)5-6-17/h3-6,14-17,20,34H,7-13,18H2,1-2H3;9-12,15,26H,2-8,13H2,1H3;3-10H,11H2,1-2H3;8-10,17H,1-7H2. The lowest BCUT2D eigenvalue weighted by Gasteiger charge is -2.31. The monoisotopic (exact) mass is 1440 g/mol. The highest BCUT2D eigenvalue weighted by atomic mass is 35.5. The SMILES string of the molecule is CC1=NCc2ncc(-c3cncc(CC4CCN(CCO)CC4)n3)cc21.COc1ccc(Cn2nc(C)c3cc(-c4cncc(CC5CCN(CCO)CC5)n4)cnc32)cc1.COc1ccc(Cn2nc(C)c3cc(-c4cncc(Cl)n4)cnc32)cc1.OCCN1CCC(Cc2cncc(Cl)n2)CC1. The molecule has 0 amide bonds. The summed E-state index contributed by atoms with van der Waals surface area (Å²) in [6.45, 7) is 17.4. The van der Waals surface area contributed by atoms with Gasteiger partial charge in [-0.15, -0.1) is 0 Å². The first kappa shape index (κ1) is 74.5. The van der Waals surface area contributed by atoms with Crippen molar-refractivity contribution in [2.24, 2.45) is 22.7 Å². The Hall–Kier alpha value is -9.24. The lowest BCUT2D eigenvalue weighted by Crippen LogP contribution is -2.36. The predicted molar refractivity (Wildman–Crippen MR) is 404 cm³/mol. The van der Waals surface area contributed by atoms with Crippen LogP contribution in [0.25, 0.3) is 55.8 Å². The Morgan fingerprint density at radius 3 is 1.22 bits per heavy atom. The number of hydrogen-bond acceptors (Lipinski definition) is 22. The number of methoxy groups -OCH3 is 2. The zero-order chi connectivity index (χ0) is 72.3. The number of pyridine rings is 3. The number of fused-ring (bicyclic) bond motifs is 3. The van der Waals surface area contributed by atoms with E-state index in [-0.39, 0.29) is 19.8 Å². The van der Waals surface area contributed by atoms with Crippen molar-refractivity contribution in [3.05, 3.63) is 196 Å². The fourth-order valence-corrected chi connectivity index (χ4v) is 14.2. The average molecular weight is 1450 g/mol. The molecule has 13 heterocycles. The minimum atomic E-state index is 0.233. The summed E-state index contributed by atoms with van der Waals surface area (Å²) in [5.74, 6) is 3.59. The van der Waals surface area contributed by atoms with E-state index in [0.717, 1.165) is 235 Å². The maximum Gasteiger partial charge on any atom is 0.158 e. The molecular weight excluding hydrogens is 1350 g/mol. The molecule has 0 bridgehead atoms. The topological polar surface area (TPSA) is 279 Å². The third-order valence-corrected chi connectivity index (χ3v) is 20.1. The fraction of sp³-hybridized carbons (Fsp3) is 0.410. The summed E-state index contributed by atoms with van der Waals surface area (Å²) in [5.41, 5.74) is 17.3. The highest BCUT2D eigenvalue weighted by molar-refractivity contribution is 6.29. The number of hydrogen-bond donors (Lipinski definition) is 3. The number of aliphatic hydroxyl groups excluding tert-OH is 3. The van der Waals surface area contributed by atoms with Gasteiger partial charge in [0, 0.05) is 95.6 Å². The van der Waals surface area contributed by atoms with Crippen LogP contribution < -0.4 is 9.47 Å². The van der Waals surface area contributed by atoms with Crippen molar-refractivity contribution in [3.63, 3.8) is 0 Å². The number of ether oxygens (including phenoxy) is 2. The number of halogens is 2. The van der Waals surface area contributed by atoms with Gasteiger partial charge in [0.2, 0.25) is 0 Å². The summed E-state index contributed by atoms with van der Waals surface area (Å²) in [4.78, 5) is 60.7. The maximum atomic E-state index is 9.15. The third-order valence-electron chi connectivity index (χ3n) is 19.7. The molecule has 0 aliphatic carbocycles. The lowest BCUT2D eigenvalue weighted by molar-refractivity contribution is 0.147. The van der Waals surface area contributed by atoms with Gasteiger partial charge >= 0.3 is 0 Å². The number of aromatic nitrogens is 15. The Balaban J connectivity index is 0.000000134. The molecule has 15 rings (SSSR count). The fourth-order valence-electron chi connectivity index (χ4n) is 13.9. The van der Waals surface area contributed by atoms with Crippen molar-refractivity contribution < 1.29 is 24.8 Å². The van der Waals surface area contributed by atoms with Gasteiger partial charge in [0.1, 0.15) is 21.8 Å². The zero-order valence-corrected chi connectivity index (χ0v) is 61.3. The average Bonchev–Trinajstić information content (AvgIpc) is 1.62. The zero-order valence-electron chi connectivity index (χ0n) is 59.8. The number of aliphatic hydroxyl groups is 3. The van der Waals surface area contributed by atoms with Crippen molar-refractivity contribution in [2.75, 3.05) is 92.9 Å². The highest BCUT2D eigenvalue weighted by Crippen LogP contribution is 2.31. The number of benzene rings is 2. The molecule has 104 heavy (non-hydrogen) atoms. The van der Waals surface area contributed by atoms with Crippen LogP contribution in [0.15, 0.2) is 140 Å². The quantitative estimate of drug-likeness (QED) is 0.0603. The first-order chi connectivity index (χ1) is 50.8. The molecule has 0 atom stereocenters. The predicted octanol–water partition coefficient (Wildman–Crippen LogP) is 10.9. The van der Waals surface area contributed by atoms with Gasteiger partial charge in [-0.05, 0) is 189 Å². The van der Waals surface area contributed by atoms with Gasteiger partial charge in [-0.3, -0.25) is 29.9 Å². The van der Waals surface area contributed by atoms with Crippen LogP contribution in [0.4, 0.5) is 0 Å². The highest BCUT2D eigenvalue weighted by Gasteiger charge is 2.24. The van der Waals surface area contributed by atoms with Gasteiger partial charge in [0.15, 0.2) is 11.3 Å². The van der Waals surface area contributed by atoms with Crippen LogP contribution in [0, 0.1) is 31.6 Å². The summed E-state index contributed by atoms with van der Waals surface area (Å²) in [7, 11) is 3.33. The van der Waals surface area contributed by atoms with Gasteiger partial charge in [-0.2, -0.15) is 10.2 Å². The Morgan fingerprint density at radius 2 is 0.817 bits per heavy atom. The largest absolute Gasteiger partial charge is 0.497 e. The first-order valence-electron chi connectivity index (χ1n) is 35.8. The van der Waals surface area contributed by atoms with Crippen molar-refractivity contribution in [3.8, 4) is 45.3 Å². The van der Waals surface area contributed by atoms with Crippen LogP contribution in [-0.2, 0) is 38.9 Å². The molecule has 0 saturated carbocycles. The lowest BCUT2D eigenvalue weighted by atomic mass is 9.92. The summed E-state index contributed by atoms with van der Waals surface area (Å²) in [6.07, 6.45) is 29.2. The second-order valence-corrected chi connectivity index (χ2v) is 27.8. The minimum absolute atomic E-state index is 0.233. The molecule has 26 heteroatoms. The van der Waals surface area contributed by atoms with Crippen LogP contribution in [0.3, 0.4) is 0 Å². The van der Waals surface area contributed by atoms with E-state index in [1.165, 1.54) is 6.20 Å². The molecule has 0 spiro atoms. The Bertz CT molecular complexity index is 4630. The molecule has 3 N–H and O–H groups in total. The third kappa shape index (κ3) is 20.0. The Morgan fingerprint density at radius 1 is 0.442 bits per heavy atom. The summed E-state index contributed by atoms with van der Waals surface area (Å²) < 4.78 is 14.3. The molecule has 3 saturated heterocycles. The smallest absolute Gasteiger partial charge is 0.158 e.